The number of hydrogen-bond donors (Lipinski definition) is 4. The number of benzene rings is 4. The van der Waals surface area contributed by atoms with Gasteiger partial charge in [0.05, 0.1) is 17.1 Å². The number of phenolic OH excluding ortho intramolecular Hbond substituents is 2. The second-order valence-corrected chi connectivity index (χ2v) is 7.17. The molecular formula is C25H18N4O5. The molecule has 4 aromatic carbocycles. The van der Waals surface area contributed by atoms with Crippen LogP contribution in [0.4, 0.5) is 22.7 Å². The monoisotopic (exact) mass is 454 g/mol. The smallest absolute Gasteiger partial charge is 0.339 e. The van der Waals surface area contributed by atoms with E-state index in [-0.39, 0.29) is 28.5 Å². The van der Waals surface area contributed by atoms with Crippen molar-refractivity contribution in [2.24, 2.45) is 20.5 Å². The van der Waals surface area contributed by atoms with E-state index in [0.29, 0.717) is 17.1 Å². The second kappa shape index (κ2) is 9.61. The molecule has 0 bridgehead atoms. The van der Waals surface area contributed by atoms with Gasteiger partial charge in [0.2, 0.25) is 0 Å². The van der Waals surface area contributed by atoms with Crippen LogP contribution in [0.2, 0.25) is 0 Å². The van der Waals surface area contributed by atoms with Gasteiger partial charge >= 0.3 is 5.97 Å². The van der Waals surface area contributed by atoms with Crippen molar-refractivity contribution in [2.75, 3.05) is 0 Å². The van der Waals surface area contributed by atoms with E-state index < -0.39 is 5.97 Å². The summed E-state index contributed by atoms with van der Waals surface area (Å²) in [6.45, 7) is 0. The van der Waals surface area contributed by atoms with E-state index in [0.717, 1.165) is 11.1 Å². The Balaban J connectivity index is 1.44. The Labute approximate surface area is 193 Å². The molecular weight excluding hydrogens is 436 g/mol. The lowest BCUT2D eigenvalue weighted by atomic mass is 10.1. The Morgan fingerprint density at radius 2 is 1.09 bits per heavy atom. The molecule has 0 aromatic heterocycles. The average Bonchev–Trinajstić information content (AvgIpc) is 2.83. The molecule has 0 saturated heterocycles. The Morgan fingerprint density at radius 3 is 1.65 bits per heavy atom. The third-order valence-corrected chi connectivity index (χ3v) is 4.79. The number of hydrogen-bond acceptors (Lipinski definition) is 8. The van der Waals surface area contributed by atoms with Gasteiger partial charge in [-0.15, -0.1) is 5.11 Å². The van der Waals surface area contributed by atoms with Gasteiger partial charge in [0.15, 0.2) is 0 Å². The topological polar surface area (TPSA) is 147 Å². The van der Waals surface area contributed by atoms with Crippen LogP contribution in [0.5, 0.6) is 17.2 Å². The van der Waals surface area contributed by atoms with Gasteiger partial charge in [-0.05, 0) is 65.7 Å². The van der Waals surface area contributed by atoms with Crippen molar-refractivity contribution < 1.29 is 25.2 Å². The molecule has 4 rings (SSSR count). The maximum Gasteiger partial charge on any atom is 0.339 e. The van der Waals surface area contributed by atoms with Gasteiger partial charge in [-0.25, -0.2) is 4.79 Å². The number of aromatic hydroxyl groups is 3. The molecule has 0 radical (unpaired) electrons. The van der Waals surface area contributed by atoms with Crippen LogP contribution in [0.1, 0.15) is 10.4 Å². The number of carboxylic acids is 1. The summed E-state index contributed by atoms with van der Waals surface area (Å²) in [5, 5.41) is 54.0. The standard InChI is InChI=1S/C25H18N4O5/c30-20-10-11-22(24(32)14-20)29-27-18-7-3-16(4-8-18)15-1-5-17(6-2-15)26-28-19-9-12-23(31)21(13-19)25(33)34/h1-14,30-32H,(H,33,34). The van der Waals surface area contributed by atoms with Crippen molar-refractivity contribution in [3.63, 3.8) is 0 Å². The van der Waals surface area contributed by atoms with E-state index >= 15 is 0 Å². The Hall–Kier alpha value is -5.05. The molecule has 34 heavy (non-hydrogen) atoms. The fourth-order valence-electron chi connectivity index (χ4n) is 3.02. The normalized spacial score (nSPS) is 11.3. The van der Waals surface area contributed by atoms with E-state index in [2.05, 4.69) is 20.5 Å². The molecule has 0 fully saturated rings. The van der Waals surface area contributed by atoms with Crippen LogP contribution >= 0.6 is 0 Å². The van der Waals surface area contributed by atoms with Crippen LogP contribution in [-0.4, -0.2) is 26.4 Å². The molecule has 0 saturated carbocycles. The predicted molar refractivity (Wildman–Crippen MR) is 125 cm³/mol. The maximum absolute atomic E-state index is 11.1. The molecule has 168 valence electrons. The van der Waals surface area contributed by atoms with Crippen molar-refractivity contribution in [3.05, 3.63) is 90.5 Å². The van der Waals surface area contributed by atoms with E-state index in [1.807, 2.05) is 24.3 Å². The first-order valence-corrected chi connectivity index (χ1v) is 10.0. The Morgan fingerprint density at radius 1 is 0.559 bits per heavy atom. The summed E-state index contributed by atoms with van der Waals surface area (Å²) in [6, 6.07) is 22.7. The number of nitrogens with zero attached hydrogens (tertiary/aromatic N) is 4. The molecule has 0 aliphatic heterocycles. The highest BCUT2D eigenvalue weighted by Gasteiger charge is 2.10. The molecule has 0 unspecified atom stereocenters. The number of rotatable bonds is 6. The first kappa shape index (κ1) is 22.2. The summed E-state index contributed by atoms with van der Waals surface area (Å²) in [5.41, 5.74) is 3.37. The Kier molecular flexibility index (Phi) is 6.26. The van der Waals surface area contributed by atoms with E-state index in [1.54, 1.807) is 24.3 Å². The highest BCUT2D eigenvalue weighted by atomic mass is 16.4. The molecule has 0 aliphatic carbocycles. The van der Waals surface area contributed by atoms with E-state index in [4.69, 9.17) is 5.11 Å². The van der Waals surface area contributed by atoms with Gasteiger partial charge < -0.3 is 20.4 Å². The zero-order chi connectivity index (χ0) is 24.1. The SMILES string of the molecule is O=C(O)c1cc(N=Nc2ccc(-c3ccc(N=Nc4ccc(O)cc4O)cc3)cc2)ccc1O. The van der Waals surface area contributed by atoms with Crippen LogP contribution < -0.4 is 0 Å². The quantitative estimate of drug-likeness (QED) is 0.232. The highest BCUT2D eigenvalue weighted by Crippen LogP contribution is 2.32. The van der Waals surface area contributed by atoms with Crippen LogP contribution in [0.15, 0.2) is 105 Å². The predicted octanol–water partition coefficient (Wildman–Crippen LogP) is 7.00. The van der Waals surface area contributed by atoms with Gasteiger partial charge in [-0.3, -0.25) is 0 Å². The number of carboxylic acid groups (broad SMARTS) is 1. The molecule has 0 heterocycles. The summed E-state index contributed by atoms with van der Waals surface area (Å²) in [7, 11) is 0. The second-order valence-electron chi connectivity index (χ2n) is 7.17. The molecule has 4 N–H and O–H groups in total. The minimum absolute atomic E-state index is 0.0547. The lowest BCUT2D eigenvalue weighted by molar-refractivity contribution is 0.0693. The molecule has 9 heteroatoms. The lowest BCUT2D eigenvalue weighted by Crippen LogP contribution is -1.95. The van der Waals surface area contributed by atoms with Crippen molar-refractivity contribution in [1.82, 2.24) is 0 Å². The summed E-state index contributed by atoms with van der Waals surface area (Å²) >= 11 is 0. The number of phenols is 3. The van der Waals surface area contributed by atoms with Gasteiger partial charge in [0.25, 0.3) is 0 Å². The zero-order valence-corrected chi connectivity index (χ0v) is 17.6. The number of aromatic carboxylic acids is 1. The minimum Gasteiger partial charge on any atom is -0.508 e. The molecule has 9 nitrogen and oxygen atoms in total. The maximum atomic E-state index is 11.1. The van der Waals surface area contributed by atoms with Crippen molar-refractivity contribution in [2.45, 2.75) is 0 Å². The van der Waals surface area contributed by atoms with Gasteiger partial charge in [-0.1, -0.05) is 24.3 Å². The van der Waals surface area contributed by atoms with Crippen LogP contribution in [0.3, 0.4) is 0 Å². The molecule has 4 aromatic rings. The third-order valence-electron chi connectivity index (χ3n) is 4.79. The van der Waals surface area contributed by atoms with Gasteiger partial charge in [-0.2, -0.15) is 15.3 Å². The van der Waals surface area contributed by atoms with E-state index in [1.165, 1.54) is 36.4 Å². The minimum atomic E-state index is -1.25. The van der Waals surface area contributed by atoms with Gasteiger partial charge in [0, 0.05) is 6.07 Å². The first-order valence-electron chi connectivity index (χ1n) is 10.0. The van der Waals surface area contributed by atoms with Crippen LogP contribution in [0.25, 0.3) is 11.1 Å². The summed E-state index contributed by atoms with van der Waals surface area (Å²) in [4.78, 5) is 11.1. The van der Waals surface area contributed by atoms with Crippen molar-refractivity contribution >= 4 is 28.7 Å². The summed E-state index contributed by atoms with van der Waals surface area (Å²) in [6.07, 6.45) is 0. The lowest BCUT2D eigenvalue weighted by Gasteiger charge is -2.03. The Bertz CT molecular complexity index is 1400. The molecule has 0 atom stereocenters. The zero-order valence-electron chi connectivity index (χ0n) is 17.6. The third kappa shape index (κ3) is 5.22. The van der Waals surface area contributed by atoms with Crippen LogP contribution in [-0.2, 0) is 0 Å². The first-order chi connectivity index (χ1) is 16.4. The largest absolute Gasteiger partial charge is 0.508 e. The van der Waals surface area contributed by atoms with E-state index in [9.17, 15) is 20.1 Å². The molecule has 0 amide bonds. The summed E-state index contributed by atoms with van der Waals surface area (Å²) in [5.74, 6) is -1.79. The highest BCUT2D eigenvalue weighted by molar-refractivity contribution is 5.91. The summed E-state index contributed by atoms with van der Waals surface area (Å²) < 4.78 is 0. The van der Waals surface area contributed by atoms with Crippen LogP contribution in [0, 0.1) is 0 Å². The fraction of sp³-hybridized carbons (Fsp3) is 0. The molecule has 0 spiro atoms. The number of carbonyl (C=O) groups is 1. The fourth-order valence-corrected chi connectivity index (χ4v) is 3.02. The van der Waals surface area contributed by atoms with Gasteiger partial charge in [0.1, 0.15) is 28.5 Å². The van der Waals surface area contributed by atoms with Crippen molar-refractivity contribution in [1.29, 1.82) is 0 Å². The van der Waals surface area contributed by atoms with Crippen molar-refractivity contribution in [3.8, 4) is 28.4 Å². The average molecular weight is 454 g/mol. The molecule has 0 aliphatic rings. The number of azo groups is 2.